The van der Waals surface area contributed by atoms with E-state index in [1.807, 2.05) is 12.1 Å². The maximum absolute atomic E-state index is 11.9. The first-order valence-electron chi connectivity index (χ1n) is 5.86. The Morgan fingerprint density at radius 1 is 1.50 bits per heavy atom. The van der Waals surface area contributed by atoms with Crippen LogP contribution in [0.4, 0.5) is 5.13 Å². The van der Waals surface area contributed by atoms with Crippen LogP contribution in [0.15, 0.2) is 30.5 Å². The number of rotatable bonds is 3. The van der Waals surface area contributed by atoms with Crippen LogP contribution in [0.3, 0.4) is 0 Å². The molecule has 0 aliphatic heterocycles. The topological polar surface area (TPSA) is 68.0 Å². The second-order valence-electron chi connectivity index (χ2n) is 3.89. The van der Waals surface area contributed by atoms with Crippen molar-refractivity contribution in [2.45, 2.75) is 6.42 Å². The van der Waals surface area contributed by atoms with Crippen molar-refractivity contribution in [3.05, 3.63) is 45.9 Å². The van der Waals surface area contributed by atoms with E-state index in [1.165, 1.54) is 11.3 Å². The van der Waals surface area contributed by atoms with Gasteiger partial charge in [0.15, 0.2) is 5.13 Å². The molecular weight excluding hydrogens is 294 g/mol. The van der Waals surface area contributed by atoms with Gasteiger partial charge < -0.3 is 11.1 Å². The standard InChI is InChI=1S/C14H12ClN3OS/c15-11-4-1-3-10(7-11)8-13(19)18-14-17-9-12(20-14)5-2-6-16/h1,3-4,7,9H,6,8,16H2,(H,17,18,19). The third-order valence-corrected chi connectivity index (χ3v) is 3.38. The molecule has 102 valence electrons. The molecule has 2 aromatic rings. The molecule has 0 atom stereocenters. The zero-order valence-corrected chi connectivity index (χ0v) is 12.1. The lowest BCUT2D eigenvalue weighted by Crippen LogP contribution is -2.14. The molecule has 0 radical (unpaired) electrons. The van der Waals surface area contributed by atoms with E-state index in [2.05, 4.69) is 22.1 Å². The number of carbonyl (C=O) groups excluding carboxylic acids is 1. The van der Waals surface area contributed by atoms with Gasteiger partial charge in [0.2, 0.25) is 5.91 Å². The fourth-order valence-corrected chi connectivity index (χ4v) is 2.44. The quantitative estimate of drug-likeness (QED) is 0.855. The highest BCUT2D eigenvalue weighted by Gasteiger charge is 2.07. The monoisotopic (exact) mass is 305 g/mol. The number of benzene rings is 1. The summed E-state index contributed by atoms with van der Waals surface area (Å²) in [6.45, 7) is 0.300. The third kappa shape index (κ3) is 4.35. The van der Waals surface area contributed by atoms with Crippen molar-refractivity contribution in [1.29, 1.82) is 0 Å². The first-order valence-corrected chi connectivity index (χ1v) is 7.06. The normalized spacial score (nSPS) is 9.70. The molecule has 0 bridgehead atoms. The van der Waals surface area contributed by atoms with Gasteiger partial charge in [0.25, 0.3) is 0 Å². The van der Waals surface area contributed by atoms with E-state index in [1.54, 1.807) is 18.3 Å². The fraction of sp³-hybridized carbons (Fsp3) is 0.143. The predicted molar refractivity (Wildman–Crippen MR) is 81.8 cm³/mol. The smallest absolute Gasteiger partial charge is 0.230 e. The lowest BCUT2D eigenvalue weighted by Gasteiger charge is -2.02. The van der Waals surface area contributed by atoms with Crippen LogP contribution in [0.5, 0.6) is 0 Å². The van der Waals surface area contributed by atoms with Crippen LogP contribution in [-0.2, 0) is 11.2 Å². The van der Waals surface area contributed by atoms with Gasteiger partial charge in [-0.05, 0) is 17.7 Å². The van der Waals surface area contributed by atoms with Gasteiger partial charge in [-0.3, -0.25) is 4.79 Å². The van der Waals surface area contributed by atoms with Crippen molar-refractivity contribution < 1.29 is 4.79 Å². The zero-order chi connectivity index (χ0) is 14.4. The SMILES string of the molecule is NCC#Cc1cnc(NC(=O)Cc2cccc(Cl)c2)s1. The molecule has 0 unspecified atom stereocenters. The Morgan fingerprint density at radius 3 is 3.10 bits per heavy atom. The molecule has 1 amide bonds. The lowest BCUT2D eigenvalue weighted by molar-refractivity contribution is -0.115. The first-order chi connectivity index (χ1) is 9.67. The summed E-state index contributed by atoms with van der Waals surface area (Å²) in [6.07, 6.45) is 1.87. The summed E-state index contributed by atoms with van der Waals surface area (Å²) in [7, 11) is 0. The second kappa shape index (κ2) is 7.06. The number of hydrogen-bond donors (Lipinski definition) is 2. The van der Waals surface area contributed by atoms with Crippen molar-refractivity contribution >= 4 is 34.0 Å². The number of aromatic nitrogens is 1. The summed E-state index contributed by atoms with van der Waals surface area (Å²) in [6, 6.07) is 7.20. The Labute approximate surface area is 126 Å². The number of nitrogens with two attached hydrogens (primary N) is 1. The second-order valence-corrected chi connectivity index (χ2v) is 5.36. The van der Waals surface area contributed by atoms with Crippen molar-refractivity contribution in [2.75, 3.05) is 11.9 Å². The molecule has 1 heterocycles. The maximum Gasteiger partial charge on any atom is 0.230 e. The molecular formula is C14H12ClN3OS. The highest BCUT2D eigenvalue weighted by atomic mass is 35.5. The largest absolute Gasteiger partial charge is 0.320 e. The highest BCUT2D eigenvalue weighted by Crippen LogP contribution is 2.17. The van der Waals surface area contributed by atoms with Crippen LogP contribution in [0.1, 0.15) is 10.4 Å². The molecule has 1 aromatic carbocycles. The molecule has 0 aliphatic rings. The van der Waals surface area contributed by atoms with Crippen LogP contribution < -0.4 is 11.1 Å². The molecule has 6 heteroatoms. The van der Waals surface area contributed by atoms with Gasteiger partial charge >= 0.3 is 0 Å². The average Bonchev–Trinajstić information content (AvgIpc) is 2.83. The van der Waals surface area contributed by atoms with Gasteiger partial charge in [-0.25, -0.2) is 4.98 Å². The molecule has 3 N–H and O–H groups in total. The Hall–Kier alpha value is -1.87. The number of nitrogens with zero attached hydrogens (tertiary/aromatic N) is 1. The van der Waals surface area contributed by atoms with E-state index in [9.17, 15) is 4.79 Å². The average molecular weight is 306 g/mol. The summed E-state index contributed by atoms with van der Waals surface area (Å²) < 4.78 is 0. The number of carbonyl (C=O) groups is 1. The molecule has 4 nitrogen and oxygen atoms in total. The number of nitrogens with one attached hydrogen (secondary N) is 1. The van der Waals surface area contributed by atoms with Crippen LogP contribution >= 0.6 is 22.9 Å². The zero-order valence-electron chi connectivity index (χ0n) is 10.5. The first kappa shape index (κ1) is 14.5. The molecule has 1 aromatic heterocycles. The Kier molecular flexibility index (Phi) is 5.13. The predicted octanol–water partition coefficient (Wildman–Crippen LogP) is 2.29. The fourth-order valence-electron chi connectivity index (χ4n) is 1.52. The maximum atomic E-state index is 11.9. The molecule has 2 rings (SSSR count). The number of amides is 1. The number of halogens is 1. The molecule has 0 fully saturated rings. The Balaban J connectivity index is 1.96. The number of thiazole rings is 1. The van der Waals surface area contributed by atoms with Gasteiger partial charge in [-0.1, -0.05) is 46.9 Å². The minimum Gasteiger partial charge on any atom is -0.320 e. The highest BCUT2D eigenvalue weighted by molar-refractivity contribution is 7.16. The van der Waals surface area contributed by atoms with Gasteiger partial charge in [-0.2, -0.15) is 0 Å². The van der Waals surface area contributed by atoms with E-state index >= 15 is 0 Å². The summed E-state index contributed by atoms with van der Waals surface area (Å²) >= 11 is 7.19. The van der Waals surface area contributed by atoms with Crippen molar-refractivity contribution in [3.8, 4) is 11.8 Å². The van der Waals surface area contributed by atoms with Gasteiger partial charge in [-0.15, -0.1) is 0 Å². The van der Waals surface area contributed by atoms with Crippen LogP contribution in [0.2, 0.25) is 5.02 Å². The van der Waals surface area contributed by atoms with E-state index in [-0.39, 0.29) is 12.3 Å². The van der Waals surface area contributed by atoms with Crippen LogP contribution in [0, 0.1) is 11.8 Å². The number of hydrogen-bond acceptors (Lipinski definition) is 4. The molecule has 0 saturated carbocycles. The van der Waals surface area contributed by atoms with E-state index < -0.39 is 0 Å². The molecule has 20 heavy (non-hydrogen) atoms. The van der Waals surface area contributed by atoms with E-state index in [4.69, 9.17) is 17.3 Å². The Morgan fingerprint density at radius 2 is 2.35 bits per heavy atom. The van der Waals surface area contributed by atoms with Crippen LogP contribution in [0.25, 0.3) is 0 Å². The minimum absolute atomic E-state index is 0.139. The summed E-state index contributed by atoms with van der Waals surface area (Å²) in [5.74, 6) is 5.47. The van der Waals surface area contributed by atoms with Gasteiger partial charge in [0.1, 0.15) is 0 Å². The van der Waals surface area contributed by atoms with Gasteiger partial charge in [0.05, 0.1) is 24.0 Å². The van der Waals surface area contributed by atoms with Crippen molar-refractivity contribution in [2.24, 2.45) is 5.73 Å². The minimum atomic E-state index is -0.139. The third-order valence-electron chi connectivity index (χ3n) is 2.32. The summed E-state index contributed by atoms with van der Waals surface area (Å²) in [5, 5.41) is 3.87. The van der Waals surface area contributed by atoms with Crippen molar-refractivity contribution in [3.63, 3.8) is 0 Å². The Bertz CT molecular complexity index is 672. The summed E-state index contributed by atoms with van der Waals surface area (Å²) in [5.41, 5.74) is 6.15. The lowest BCUT2D eigenvalue weighted by atomic mass is 10.1. The van der Waals surface area contributed by atoms with Gasteiger partial charge in [0, 0.05) is 5.02 Å². The summed E-state index contributed by atoms with van der Waals surface area (Å²) in [4.78, 5) is 16.7. The molecule has 0 aliphatic carbocycles. The van der Waals surface area contributed by atoms with E-state index in [0.717, 1.165) is 10.4 Å². The van der Waals surface area contributed by atoms with Crippen molar-refractivity contribution in [1.82, 2.24) is 4.98 Å². The molecule has 0 saturated heterocycles. The number of anilines is 1. The molecule has 0 spiro atoms. The van der Waals surface area contributed by atoms with Crippen LogP contribution in [-0.4, -0.2) is 17.4 Å². The van der Waals surface area contributed by atoms with E-state index in [0.29, 0.717) is 16.7 Å².